The molecule has 2 aromatic rings. The third kappa shape index (κ3) is 3.36. The maximum Gasteiger partial charge on any atom is 0.307 e. The Kier molecular flexibility index (Phi) is 4.37. The molecule has 0 amide bonds. The van der Waals surface area contributed by atoms with Gasteiger partial charge in [-0.05, 0) is 17.7 Å². The summed E-state index contributed by atoms with van der Waals surface area (Å²) in [6, 6.07) is 13.6. The molecule has 0 heterocycles. The molecular weight excluding hydrogens is 278 g/mol. The number of hydrogen-bond acceptors (Lipinski definition) is 4. The Bertz CT molecular complexity index is 643. The average Bonchev–Trinajstić information content (AvgIpc) is 2.41. The van der Waals surface area contributed by atoms with E-state index < -0.39 is 10.9 Å². The van der Waals surface area contributed by atoms with Crippen molar-refractivity contribution in [2.75, 3.05) is 0 Å². The SMILES string of the molecule is O=C(O)Cc1cccc([N+](=O)[O-])c1Sc1ccccc1. The Morgan fingerprint density at radius 3 is 2.45 bits per heavy atom. The molecule has 0 spiro atoms. The van der Waals surface area contributed by atoms with Crippen molar-refractivity contribution in [1.29, 1.82) is 0 Å². The van der Waals surface area contributed by atoms with Crippen LogP contribution < -0.4 is 0 Å². The Balaban J connectivity index is 2.46. The molecule has 0 radical (unpaired) electrons. The molecule has 0 aliphatic rings. The lowest BCUT2D eigenvalue weighted by molar-refractivity contribution is -0.387. The van der Waals surface area contributed by atoms with Crippen LogP contribution in [0.25, 0.3) is 0 Å². The predicted octanol–water partition coefficient (Wildman–Crippen LogP) is 3.37. The number of carboxylic acid groups (broad SMARTS) is 1. The van der Waals surface area contributed by atoms with E-state index in [0.717, 1.165) is 4.90 Å². The molecule has 6 heteroatoms. The number of carbonyl (C=O) groups is 1. The first-order valence-corrected chi connectivity index (χ1v) is 6.60. The Hall–Kier alpha value is -2.34. The fourth-order valence-electron chi connectivity index (χ4n) is 1.74. The number of nitro benzene ring substituents is 1. The summed E-state index contributed by atoms with van der Waals surface area (Å²) in [7, 11) is 0. The zero-order chi connectivity index (χ0) is 14.5. The highest BCUT2D eigenvalue weighted by atomic mass is 32.2. The molecule has 2 aromatic carbocycles. The van der Waals surface area contributed by atoms with Crippen LogP contribution in [-0.4, -0.2) is 16.0 Å². The third-order valence-electron chi connectivity index (χ3n) is 2.58. The van der Waals surface area contributed by atoms with Crippen molar-refractivity contribution in [3.8, 4) is 0 Å². The fraction of sp³-hybridized carbons (Fsp3) is 0.0714. The highest BCUT2D eigenvalue weighted by molar-refractivity contribution is 7.99. The van der Waals surface area contributed by atoms with E-state index >= 15 is 0 Å². The molecule has 1 N–H and O–H groups in total. The summed E-state index contributed by atoms with van der Waals surface area (Å²) in [5, 5.41) is 20.0. The largest absolute Gasteiger partial charge is 0.481 e. The van der Waals surface area contributed by atoms with E-state index in [1.54, 1.807) is 6.07 Å². The topological polar surface area (TPSA) is 80.4 Å². The Labute approximate surface area is 119 Å². The maximum atomic E-state index is 11.1. The van der Waals surface area contributed by atoms with E-state index in [-0.39, 0.29) is 12.1 Å². The standard InChI is InChI=1S/C14H11NO4S/c16-13(17)9-10-5-4-8-12(15(18)19)14(10)20-11-6-2-1-3-7-11/h1-8H,9H2,(H,16,17). The first-order valence-electron chi connectivity index (χ1n) is 5.79. The molecule has 0 aliphatic carbocycles. The number of hydrogen-bond donors (Lipinski definition) is 1. The lowest BCUT2D eigenvalue weighted by Crippen LogP contribution is -2.03. The molecule has 2 rings (SSSR count). The summed E-state index contributed by atoms with van der Waals surface area (Å²) in [4.78, 5) is 22.7. The van der Waals surface area contributed by atoms with Gasteiger partial charge in [-0.15, -0.1) is 0 Å². The highest BCUT2D eigenvalue weighted by Crippen LogP contribution is 2.37. The van der Waals surface area contributed by atoms with Crippen molar-refractivity contribution >= 4 is 23.4 Å². The van der Waals surface area contributed by atoms with Crippen molar-refractivity contribution in [3.63, 3.8) is 0 Å². The van der Waals surface area contributed by atoms with Crippen LogP contribution in [0.15, 0.2) is 58.3 Å². The van der Waals surface area contributed by atoms with E-state index in [0.29, 0.717) is 10.5 Å². The molecular formula is C14H11NO4S. The second kappa shape index (κ2) is 6.21. The first kappa shape index (κ1) is 14.1. The zero-order valence-electron chi connectivity index (χ0n) is 10.4. The minimum absolute atomic E-state index is 0.0717. The molecule has 5 nitrogen and oxygen atoms in total. The molecule has 0 saturated heterocycles. The highest BCUT2D eigenvalue weighted by Gasteiger charge is 2.19. The predicted molar refractivity (Wildman–Crippen MR) is 75.0 cm³/mol. The van der Waals surface area contributed by atoms with Crippen LogP contribution in [0.5, 0.6) is 0 Å². The van der Waals surface area contributed by atoms with E-state index in [4.69, 9.17) is 5.11 Å². The van der Waals surface area contributed by atoms with Gasteiger partial charge in [0.2, 0.25) is 0 Å². The van der Waals surface area contributed by atoms with Crippen LogP contribution in [0.2, 0.25) is 0 Å². The average molecular weight is 289 g/mol. The number of nitro groups is 1. The lowest BCUT2D eigenvalue weighted by atomic mass is 10.1. The smallest absolute Gasteiger partial charge is 0.307 e. The van der Waals surface area contributed by atoms with Gasteiger partial charge in [0, 0.05) is 11.0 Å². The molecule has 0 unspecified atom stereocenters. The molecule has 0 saturated carbocycles. The molecule has 0 fully saturated rings. The van der Waals surface area contributed by atoms with Gasteiger partial charge >= 0.3 is 5.97 Å². The van der Waals surface area contributed by atoms with Crippen LogP contribution in [0.3, 0.4) is 0 Å². The fourth-order valence-corrected chi connectivity index (χ4v) is 2.79. The van der Waals surface area contributed by atoms with Crippen LogP contribution in [0, 0.1) is 10.1 Å². The summed E-state index contributed by atoms with van der Waals surface area (Å²) in [5.41, 5.74) is 0.373. The summed E-state index contributed by atoms with van der Waals surface area (Å²) < 4.78 is 0. The number of aliphatic carboxylic acids is 1. The van der Waals surface area contributed by atoms with Crippen LogP contribution in [0.4, 0.5) is 5.69 Å². The van der Waals surface area contributed by atoms with Gasteiger partial charge in [-0.25, -0.2) is 0 Å². The van der Waals surface area contributed by atoms with Crippen LogP contribution in [0.1, 0.15) is 5.56 Å². The minimum atomic E-state index is -1.01. The van der Waals surface area contributed by atoms with Crippen molar-refractivity contribution < 1.29 is 14.8 Å². The van der Waals surface area contributed by atoms with E-state index in [2.05, 4.69) is 0 Å². The van der Waals surface area contributed by atoms with Gasteiger partial charge in [0.1, 0.15) is 0 Å². The van der Waals surface area contributed by atoms with Gasteiger partial charge < -0.3 is 5.11 Å². The number of carboxylic acids is 1. The quantitative estimate of drug-likeness (QED) is 0.674. The molecule has 102 valence electrons. The zero-order valence-corrected chi connectivity index (χ0v) is 11.2. The number of benzene rings is 2. The van der Waals surface area contributed by atoms with Gasteiger partial charge in [-0.1, -0.05) is 42.1 Å². The summed E-state index contributed by atoms with van der Waals surface area (Å²) in [6.07, 6.45) is -0.239. The van der Waals surface area contributed by atoms with Gasteiger partial charge in [0.15, 0.2) is 0 Å². The second-order valence-corrected chi connectivity index (χ2v) is 5.09. The normalized spacial score (nSPS) is 10.2. The second-order valence-electron chi connectivity index (χ2n) is 4.01. The van der Waals surface area contributed by atoms with Gasteiger partial charge in [-0.2, -0.15) is 0 Å². The molecule has 0 aromatic heterocycles. The van der Waals surface area contributed by atoms with E-state index in [9.17, 15) is 14.9 Å². The Morgan fingerprint density at radius 1 is 1.15 bits per heavy atom. The molecule has 20 heavy (non-hydrogen) atoms. The van der Waals surface area contributed by atoms with Crippen molar-refractivity contribution in [1.82, 2.24) is 0 Å². The van der Waals surface area contributed by atoms with Gasteiger partial charge in [-0.3, -0.25) is 14.9 Å². The van der Waals surface area contributed by atoms with Gasteiger partial charge in [0.25, 0.3) is 5.69 Å². The number of rotatable bonds is 5. The summed E-state index contributed by atoms with van der Waals surface area (Å²) in [5.74, 6) is -1.01. The van der Waals surface area contributed by atoms with Crippen molar-refractivity contribution in [2.24, 2.45) is 0 Å². The minimum Gasteiger partial charge on any atom is -0.481 e. The van der Waals surface area contributed by atoms with E-state index in [1.165, 1.54) is 23.9 Å². The first-order chi connectivity index (χ1) is 9.58. The number of nitrogens with zero attached hydrogens (tertiary/aromatic N) is 1. The van der Waals surface area contributed by atoms with Crippen LogP contribution in [-0.2, 0) is 11.2 Å². The van der Waals surface area contributed by atoms with E-state index in [1.807, 2.05) is 30.3 Å². The van der Waals surface area contributed by atoms with Crippen molar-refractivity contribution in [2.45, 2.75) is 16.2 Å². The van der Waals surface area contributed by atoms with Crippen molar-refractivity contribution in [3.05, 3.63) is 64.2 Å². The summed E-state index contributed by atoms with van der Waals surface area (Å²) in [6.45, 7) is 0. The molecule has 0 bridgehead atoms. The van der Waals surface area contributed by atoms with Crippen LogP contribution >= 0.6 is 11.8 Å². The monoisotopic (exact) mass is 289 g/mol. The molecule has 0 atom stereocenters. The third-order valence-corrected chi connectivity index (χ3v) is 3.76. The lowest BCUT2D eigenvalue weighted by Gasteiger charge is -2.08. The molecule has 0 aliphatic heterocycles. The Morgan fingerprint density at radius 2 is 1.85 bits per heavy atom. The maximum absolute atomic E-state index is 11.1. The van der Waals surface area contributed by atoms with Gasteiger partial charge in [0.05, 0.1) is 16.2 Å². The summed E-state index contributed by atoms with van der Waals surface area (Å²) >= 11 is 1.21.